The van der Waals surface area contributed by atoms with Crippen LogP contribution in [0.2, 0.25) is 0 Å². The number of likely N-dealkylation sites (tertiary alicyclic amines) is 1. The molecular weight excluding hydrogens is 425 g/mol. The summed E-state index contributed by atoms with van der Waals surface area (Å²) in [5, 5.41) is 0. The van der Waals surface area contributed by atoms with E-state index in [1.54, 1.807) is 4.90 Å². The van der Waals surface area contributed by atoms with E-state index in [1.165, 1.54) is 55.4 Å². The van der Waals surface area contributed by atoms with Crippen LogP contribution in [0.15, 0.2) is 48.5 Å². The standard InChI is InChI=1S/C27H33F3N2O/c1-19-11-13-20(14-12-19)25-18-32(17-22(25)16-31(2)24-9-4-3-5-10-24)26(33)21-7-6-8-23(15-21)27(28,29)30/h6-8,11-15,22,24-25H,3-5,9-10,16-18H2,1-2H3/t22-,25+/m1/s1. The number of alkyl halides is 3. The van der Waals surface area contributed by atoms with Crippen molar-refractivity contribution < 1.29 is 18.0 Å². The number of hydrogen-bond donors (Lipinski definition) is 0. The molecule has 1 saturated carbocycles. The average Bonchev–Trinajstić information content (AvgIpc) is 3.23. The van der Waals surface area contributed by atoms with Gasteiger partial charge in [-0.05, 0) is 56.5 Å². The highest BCUT2D eigenvalue weighted by Gasteiger charge is 2.38. The minimum Gasteiger partial charge on any atom is -0.338 e. The van der Waals surface area contributed by atoms with Gasteiger partial charge < -0.3 is 9.80 Å². The van der Waals surface area contributed by atoms with Crippen LogP contribution >= 0.6 is 0 Å². The van der Waals surface area contributed by atoms with E-state index in [-0.39, 0.29) is 23.3 Å². The Morgan fingerprint density at radius 3 is 2.39 bits per heavy atom. The molecule has 2 aromatic carbocycles. The molecule has 2 aromatic rings. The van der Waals surface area contributed by atoms with Gasteiger partial charge in [-0.1, -0.05) is 55.2 Å². The van der Waals surface area contributed by atoms with Crippen molar-refractivity contribution in [1.29, 1.82) is 0 Å². The van der Waals surface area contributed by atoms with Gasteiger partial charge in [0.15, 0.2) is 0 Å². The number of nitrogens with zero attached hydrogens (tertiary/aromatic N) is 2. The van der Waals surface area contributed by atoms with Crippen molar-refractivity contribution in [3.8, 4) is 0 Å². The van der Waals surface area contributed by atoms with Crippen molar-refractivity contribution in [3.63, 3.8) is 0 Å². The zero-order valence-electron chi connectivity index (χ0n) is 19.4. The molecule has 1 saturated heterocycles. The Kier molecular flexibility index (Phi) is 7.13. The van der Waals surface area contributed by atoms with Gasteiger partial charge >= 0.3 is 6.18 Å². The maximum absolute atomic E-state index is 13.2. The molecule has 0 aromatic heterocycles. The fourth-order valence-electron chi connectivity index (χ4n) is 5.47. The van der Waals surface area contributed by atoms with Crippen LogP contribution in [-0.2, 0) is 6.18 Å². The molecule has 1 heterocycles. The number of hydrogen-bond acceptors (Lipinski definition) is 2. The molecular formula is C27H33F3N2O. The molecule has 0 unspecified atom stereocenters. The molecule has 33 heavy (non-hydrogen) atoms. The highest BCUT2D eigenvalue weighted by atomic mass is 19.4. The molecule has 178 valence electrons. The summed E-state index contributed by atoms with van der Waals surface area (Å²) in [7, 11) is 2.18. The van der Waals surface area contributed by atoms with Crippen LogP contribution in [0.4, 0.5) is 13.2 Å². The molecule has 0 N–H and O–H groups in total. The van der Waals surface area contributed by atoms with E-state index >= 15 is 0 Å². The predicted octanol–water partition coefficient (Wildman–Crippen LogP) is 6.13. The summed E-state index contributed by atoms with van der Waals surface area (Å²) in [6, 6.07) is 13.8. The van der Waals surface area contributed by atoms with Crippen LogP contribution in [0.25, 0.3) is 0 Å². The van der Waals surface area contributed by atoms with Crippen molar-refractivity contribution in [2.75, 3.05) is 26.7 Å². The van der Waals surface area contributed by atoms with Gasteiger partial charge in [-0.2, -0.15) is 13.2 Å². The van der Waals surface area contributed by atoms with Crippen LogP contribution in [0, 0.1) is 12.8 Å². The van der Waals surface area contributed by atoms with E-state index in [0.29, 0.717) is 19.1 Å². The number of halogens is 3. The second-order valence-electron chi connectivity index (χ2n) is 9.80. The van der Waals surface area contributed by atoms with Crippen molar-refractivity contribution in [3.05, 3.63) is 70.8 Å². The summed E-state index contributed by atoms with van der Waals surface area (Å²) in [5.41, 5.74) is 1.71. The van der Waals surface area contributed by atoms with Gasteiger partial charge in [-0.25, -0.2) is 0 Å². The van der Waals surface area contributed by atoms with Crippen LogP contribution < -0.4 is 0 Å². The molecule has 3 nitrogen and oxygen atoms in total. The zero-order valence-corrected chi connectivity index (χ0v) is 19.4. The van der Waals surface area contributed by atoms with E-state index in [2.05, 4.69) is 43.1 Å². The van der Waals surface area contributed by atoms with E-state index in [4.69, 9.17) is 0 Å². The highest BCUT2D eigenvalue weighted by molar-refractivity contribution is 5.94. The summed E-state index contributed by atoms with van der Waals surface area (Å²) >= 11 is 0. The topological polar surface area (TPSA) is 23.6 Å². The maximum Gasteiger partial charge on any atom is 0.416 e. The summed E-state index contributed by atoms with van der Waals surface area (Å²) < 4.78 is 39.5. The van der Waals surface area contributed by atoms with Gasteiger partial charge in [-0.3, -0.25) is 4.79 Å². The Hall–Kier alpha value is -2.34. The van der Waals surface area contributed by atoms with Crippen LogP contribution in [0.1, 0.15) is 65.1 Å². The van der Waals surface area contributed by atoms with Gasteiger partial charge in [0.25, 0.3) is 5.91 Å². The molecule has 0 bridgehead atoms. The molecule has 2 aliphatic rings. The van der Waals surface area contributed by atoms with Crippen molar-refractivity contribution in [1.82, 2.24) is 9.80 Å². The molecule has 2 atom stereocenters. The van der Waals surface area contributed by atoms with Gasteiger partial charge in [-0.15, -0.1) is 0 Å². The second kappa shape index (κ2) is 9.88. The lowest BCUT2D eigenvalue weighted by atomic mass is 9.87. The minimum atomic E-state index is -4.46. The van der Waals surface area contributed by atoms with Gasteiger partial charge in [0.2, 0.25) is 0 Å². The van der Waals surface area contributed by atoms with Gasteiger partial charge in [0.1, 0.15) is 0 Å². The average molecular weight is 459 g/mol. The lowest BCUT2D eigenvalue weighted by Crippen LogP contribution is -2.39. The monoisotopic (exact) mass is 458 g/mol. The molecule has 2 fully saturated rings. The summed E-state index contributed by atoms with van der Waals surface area (Å²) in [5.74, 6) is 0.0989. The van der Waals surface area contributed by atoms with E-state index in [9.17, 15) is 18.0 Å². The Morgan fingerprint density at radius 2 is 1.73 bits per heavy atom. The van der Waals surface area contributed by atoms with E-state index in [0.717, 1.165) is 18.7 Å². The normalized spacial score (nSPS) is 22.2. The molecule has 6 heteroatoms. The number of amides is 1. The third-order valence-electron chi connectivity index (χ3n) is 7.39. The lowest BCUT2D eigenvalue weighted by Gasteiger charge is -2.34. The van der Waals surface area contributed by atoms with Crippen molar-refractivity contribution >= 4 is 5.91 Å². The van der Waals surface area contributed by atoms with Crippen LogP contribution in [0.3, 0.4) is 0 Å². The first kappa shape index (κ1) is 23.8. The minimum absolute atomic E-state index is 0.105. The lowest BCUT2D eigenvalue weighted by molar-refractivity contribution is -0.137. The zero-order chi connectivity index (χ0) is 23.6. The fourth-order valence-corrected chi connectivity index (χ4v) is 5.47. The second-order valence-corrected chi connectivity index (χ2v) is 9.80. The first-order valence-electron chi connectivity index (χ1n) is 12.0. The first-order valence-corrected chi connectivity index (χ1v) is 12.0. The largest absolute Gasteiger partial charge is 0.416 e. The smallest absolute Gasteiger partial charge is 0.338 e. The molecule has 1 aliphatic heterocycles. The fraction of sp³-hybridized carbons (Fsp3) is 0.519. The van der Waals surface area contributed by atoms with E-state index in [1.807, 2.05) is 0 Å². The molecule has 1 aliphatic carbocycles. The number of benzene rings is 2. The van der Waals surface area contributed by atoms with E-state index < -0.39 is 11.7 Å². The Balaban J connectivity index is 1.55. The number of carbonyl (C=O) groups is 1. The maximum atomic E-state index is 13.2. The Morgan fingerprint density at radius 1 is 1.03 bits per heavy atom. The Bertz CT molecular complexity index is 951. The first-order chi connectivity index (χ1) is 15.7. The van der Waals surface area contributed by atoms with Crippen molar-refractivity contribution in [2.45, 2.75) is 57.2 Å². The number of rotatable bonds is 5. The Labute approximate surface area is 194 Å². The summed E-state index contributed by atoms with van der Waals surface area (Å²) in [4.78, 5) is 17.4. The van der Waals surface area contributed by atoms with Crippen LogP contribution in [0.5, 0.6) is 0 Å². The highest BCUT2D eigenvalue weighted by Crippen LogP contribution is 2.36. The van der Waals surface area contributed by atoms with Gasteiger partial charge in [0, 0.05) is 37.2 Å². The molecule has 0 spiro atoms. The summed E-state index contributed by atoms with van der Waals surface area (Å²) in [6.45, 7) is 4.03. The summed E-state index contributed by atoms with van der Waals surface area (Å²) in [6.07, 6.45) is 1.80. The molecule has 1 amide bonds. The number of carbonyl (C=O) groups excluding carboxylic acids is 1. The third-order valence-corrected chi connectivity index (χ3v) is 7.39. The predicted molar refractivity (Wildman–Crippen MR) is 124 cm³/mol. The molecule has 0 radical (unpaired) electrons. The van der Waals surface area contributed by atoms with Crippen molar-refractivity contribution in [2.24, 2.45) is 5.92 Å². The van der Waals surface area contributed by atoms with Crippen LogP contribution in [-0.4, -0.2) is 48.4 Å². The molecule has 4 rings (SSSR count). The third kappa shape index (κ3) is 5.60. The SMILES string of the molecule is Cc1ccc([C@@H]2CN(C(=O)c3cccc(C(F)(F)F)c3)C[C@H]2CN(C)C2CCCCC2)cc1. The number of aryl methyl sites for hydroxylation is 1. The quantitative estimate of drug-likeness (QED) is 0.538. The van der Waals surface area contributed by atoms with Gasteiger partial charge in [0.05, 0.1) is 5.56 Å².